The minimum Gasteiger partial charge on any atom is -0.369 e. The number of aromatic nitrogens is 3. The highest BCUT2D eigenvalue weighted by Crippen LogP contribution is 2.19. The van der Waals surface area contributed by atoms with Gasteiger partial charge < -0.3 is 5.73 Å². The number of nitrogen functional groups attached to an aromatic ring is 1. The Morgan fingerprint density at radius 3 is 2.54 bits per heavy atom. The molecule has 2 rings (SSSR count). The molecule has 13 heavy (non-hydrogen) atoms. The highest BCUT2D eigenvalue weighted by atomic mass is 79.9. The summed E-state index contributed by atoms with van der Waals surface area (Å²) in [5, 5.41) is 0. The van der Waals surface area contributed by atoms with Crippen molar-refractivity contribution in [3.8, 4) is 5.69 Å². The van der Waals surface area contributed by atoms with Crippen LogP contribution >= 0.6 is 15.9 Å². The van der Waals surface area contributed by atoms with E-state index in [4.69, 9.17) is 5.73 Å². The van der Waals surface area contributed by atoms with Gasteiger partial charge in [-0.05, 0) is 28.1 Å². The standard InChI is InChI=1S/C8H7BrN4/c9-7-5-12-8(10)13(7)6-1-3-11-4-2-6/h1-5H,(H2,10,12). The van der Waals surface area contributed by atoms with Crippen molar-refractivity contribution < 1.29 is 0 Å². The summed E-state index contributed by atoms with van der Waals surface area (Å²) < 4.78 is 2.62. The average Bonchev–Trinajstić information content (AvgIpc) is 2.48. The minimum absolute atomic E-state index is 0.457. The third kappa shape index (κ3) is 1.42. The summed E-state index contributed by atoms with van der Waals surface area (Å²) in [7, 11) is 0. The lowest BCUT2D eigenvalue weighted by molar-refractivity contribution is 1.04. The van der Waals surface area contributed by atoms with E-state index in [1.165, 1.54) is 0 Å². The first-order valence-electron chi connectivity index (χ1n) is 3.68. The molecule has 0 unspecified atom stereocenters. The van der Waals surface area contributed by atoms with Gasteiger partial charge in [-0.25, -0.2) is 4.98 Å². The van der Waals surface area contributed by atoms with E-state index in [1.807, 2.05) is 12.1 Å². The van der Waals surface area contributed by atoms with Crippen LogP contribution in [0.2, 0.25) is 0 Å². The Balaban J connectivity index is 2.59. The van der Waals surface area contributed by atoms with E-state index < -0.39 is 0 Å². The van der Waals surface area contributed by atoms with Gasteiger partial charge in [0.05, 0.1) is 11.9 Å². The Morgan fingerprint density at radius 2 is 2.00 bits per heavy atom. The van der Waals surface area contributed by atoms with Gasteiger partial charge in [0.15, 0.2) is 0 Å². The van der Waals surface area contributed by atoms with Crippen molar-refractivity contribution in [3.05, 3.63) is 35.3 Å². The molecule has 0 spiro atoms. The first kappa shape index (κ1) is 8.25. The molecule has 0 aliphatic heterocycles. The van der Waals surface area contributed by atoms with Crippen molar-refractivity contribution >= 4 is 21.9 Å². The molecule has 0 amide bonds. The molecule has 0 saturated heterocycles. The molecule has 0 saturated carbocycles. The molecule has 2 aromatic rings. The van der Waals surface area contributed by atoms with Gasteiger partial charge in [-0.3, -0.25) is 9.55 Å². The summed E-state index contributed by atoms with van der Waals surface area (Å²) in [5.41, 5.74) is 6.62. The lowest BCUT2D eigenvalue weighted by Crippen LogP contribution is -2.00. The van der Waals surface area contributed by atoms with Gasteiger partial charge in [0.1, 0.15) is 4.60 Å². The van der Waals surface area contributed by atoms with Crippen LogP contribution in [-0.2, 0) is 0 Å². The number of pyridine rings is 1. The van der Waals surface area contributed by atoms with Gasteiger partial charge in [-0.15, -0.1) is 0 Å². The number of rotatable bonds is 1. The second-order valence-electron chi connectivity index (χ2n) is 2.48. The molecule has 0 fully saturated rings. The Kier molecular flexibility index (Phi) is 2.02. The Labute approximate surface area is 83.6 Å². The van der Waals surface area contributed by atoms with Crippen LogP contribution in [0.4, 0.5) is 5.95 Å². The van der Waals surface area contributed by atoms with E-state index in [0.29, 0.717) is 5.95 Å². The van der Waals surface area contributed by atoms with Crippen molar-refractivity contribution in [3.63, 3.8) is 0 Å². The normalized spacial score (nSPS) is 10.2. The molecule has 0 aliphatic carbocycles. The molecule has 2 aromatic heterocycles. The molecular weight excluding hydrogens is 232 g/mol. The fourth-order valence-corrected chi connectivity index (χ4v) is 1.58. The molecule has 2 N–H and O–H groups in total. The van der Waals surface area contributed by atoms with E-state index >= 15 is 0 Å². The molecule has 0 aromatic carbocycles. The Hall–Kier alpha value is -1.36. The van der Waals surface area contributed by atoms with Gasteiger partial charge in [0.2, 0.25) is 5.95 Å². The predicted molar refractivity (Wildman–Crippen MR) is 53.5 cm³/mol. The monoisotopic (exact) mass is 238 g/mol. The third-order valence-corrected chi connectivity index (χ3v) is 2.23. The topological polar surface area (TPSA) is 56.7 Å². The molecule has 66 valence electrons. The SMILES string of the molecule is Nc1ncc(Br)n1-c1ccncc1. The second-order valence-corrected chi connectivity index (χ2v) is 3.29. The maximum absolute atomic E-state index is 5.67. The van der Waals surface area contributed by atoms with Crippen molar-refractivity contribution in [2.75, 3.05) is 5.73 Å². The van der Waals surface area contributed by atoms with Gasteiger partial charge in [0.25, 0.3) is 0 Å². The van der Waals surface area contributed by atoms with Crippen LogP contribution in [0.15, 0.2) is 35.3 Å². The zero-order valence-corrected chi connectivity index (χ0v) is 8.27. The van der Waals surface area contributed by atoms with Crippen molar-refractivity contribution in [2.24, 2.45) is 0 Å². The number of imidazole rings is 1. The molecule has 5 heteroatoms. The molecule has 0 aliphatic rings. The fraction of sp³-hybridized carbons (Fsp3) is 0. The molecule has 0 bridgehead atoms. The maximum atomic E-state index is 5.67. The van der Waals surface area contributed by atoms with Crippen LogP contribution in [-0.4, -0.2) is 14.5 Å². The third-order valence-electron chi connectivity index (χ3n) is 1.67. The van der Waals surface area contributed by atoms with E-state index in [9.17, 15) is 0 Å². The van der Waals surface area contributed by atoms with Crippen LogP contribution in [0.1, 0.15) is 0 Å². The lowest BCUT2D eigenvalue weighted by Gasteiger charge is -2.04. The molecule has 2 heterocycles. The Bertz CT molecular complexity index is 390. The molecular formula is C8H7BrN4. The maximum Gasteiger partial charge on any atom is 0.205 e. The first-order valence-corrected chi connectivity index (χ1v) is 4.47. The summed E-state index contributed by atoms with van der Waals surface area (Å²) in [6.45, 7) is 0. The van der Waals surface area contributed by atoms with E-state index in [1.54, 1.807) is 23.2 Å². The fourth-order valence-electron chi connectivity index (χ4n) is 1.09. The molecule has 0 atom stereocenters. The number of hydrogen-bond acceptors (Lipinski definition) is 3. The second kappa shape index (κ2) is 3.18. The first-order chi connectivity index (χ1) is 6.29. The Morgan fingerprint density at radius 1 is 1.31 bits per heavy atom. The highest BCUT2D eigenvalue weighted by Gasteiger charge is 2.05. The number of anilines is 1. The number of nitrogens with zero attached hydrogens (tertiary/aromatic N) is 3. The molecule has 4 nitrogen and oxygen atoms in total. The van der Waals surface area contributed by atoms with Crippen molar-refractivity contribution in [1.29, 1.82) is 0 Å². The summed E-state index contributed by atoms with van der Waals surface area (Å²) in [5.74, 6) is 0.457. The smallest absolute Gasteiger partial charge is 0.205 e. The minimum atomic E-state index is 0.457. The van der Waals surface area contributed by atoms with Crippen molar-refractivity contribution in [2.45, 2.75) is 0 Å². The largest absolute Gasteiger partial charge is 0.369 e. The predicted octanol–water partition coefficient (Wildman–Crippen LogP) is 1.61. The van der Waals surface area contributed by atoms with E-state index in [0.717, 1.165) is 10.3 Å². The van der Waals surface area contributed by atoms with Crippen LogP contribution in [0.3, 0.4) is 0 Å². The van der Waals surface area contributed by atoms with Crippen LogP contribution in [0.25, 0.3) is 5.69 Å². The van der Waals surface area contributed by atoms with Gasteiger partial charge >= 0.3 is 0 Å². The summed E-state index contributed by atoms with van der Waals surface area (Å²) in [6.07, 6.45) is 5.08. The van der Waals surface area contributed by atoms with Gasteiger partial charge in [0, 0.05) is 12.4 Å². The van der Waals surface area contributed by atoms with Gasteiger partial charge in [-0.1, -0.05) is 0 Å². The number of nitrogens with two attached hydrogens (primary N) is 1. The molecule has 0 radical (unpaired) electrons. The van der Waals surface area contributed by atoms with Crippen molar-refractivity contribution in [1.82, 2.24) is 14.5 Å². The quantitative estimate of drug-likeness (QED) is 0.822. The number of halogens is 1. The lowest BCUT2D eigenvalue weighted by atomic mass is 10.4. The summed E-state index contributed by atoms with van der Waals surface area (Å²) in [4.78, 5) is 7.89. The van der Waals surface area contributed by atoms with Gasteiger partial charge in [-0.2, -0.15) is 0 Å². The van der Waals surface area contributed by atoms with E-state index in [2.05, 4.69) is 25.9 Å². The zero-order chi connectivity index (χ0) is 9.26. The van der Waals surface area contributed by atoms with Crippen LogP contribution < -0.4 is 5.73 Å². The zero-order valence-electron chi connectivity index (χ0n) is 6.68. The highest BCUT2D eigenvalue weighted by molar-refractivity contribution is 9.10. The summed E-state index contributed by atoms with van der Waals surface area (Å²) >= 11 is 3.35. The number of hydrogen-bond donors (Lipinski definition) is 1. The summed E-state index contributed by atoms with van der Waals surface area (Å²) in [6, 6.07) is 3.73. The average molecular weight is 239 g/mol. The van der Waals surface area contributed by atoms with Crippen LogP contribution in [0.5, 0.6) is 0 Å². The van der Waals surface area contributed by atoms with E-state index in [-0.39, 0.29) is 0 Å². The van der Waals surface area contributed by atoms with Crippen LogP contribution in [0, 0.1) is 0 Å².